The van der Waals surface area contributed by atoms with Crippen LogP contribution in [0.15, 0.2) is 127 Å². The van der Waals surface area contributed by atoms with Crippen molar-refractivity contribution in [3.8, 4) is 67.5 Å². The lowest BCUT2D eigenvalue weighted by Crippen LogP contribution is -2.15. The van der Waals surface area contributed by atoms with Crippen molar-refractivity contribution < 1.29 is 0 Å². The minimum atomic E-state index is -0.133. The highest BCUT2D eigenvalue weighted by molar-refractivity contribution is 5.95. The van der Waals surface area contributed by atoms with E-state index in [0.29, 0.717) is 17.5 Å². The molecule has 3 heteroatoms. The van der Waals surface area contributed by atoms with Crippen molar-refractivity contribution in [1.82, 2.24) is 15.0 Å². The summed E-state index contributed by atoms with van der Waals surface area (Å²) in [5, 5.41) is 0. The molecule has 0 N–H and O–H groups in total. The number of hydrogen-bond acceptors (Lipinski definition) is 3. The van der Waals surface area contributed by atoms with Crippen LogP contribution >= 0.6 is 0 Å². The molecule has 0 radical (unpaired) electrons. The number of benzene rings is 6. The summed E-state index contributed by atoms with van der Waals surface area (Å²) in [7, 11) is 0. The van der Waals surface area contributed by atoms with Gasteiger partial charge in [0.05, 0.1) is 0 Å². The Balaban J connectivity index is 1.29. The van der Waals surface area contributed by atoms with Crippen LogP contribution in [0.1, 0.15) is 74.9 Å². The van der Waals surface area contributed by atoms with Gasteiger partial charge in [-0.1, -0.05) is 169 Å². The van der Waals surface area contributed by atoms with Crippen LogP contribution in [0.5, 0.6) is 0 Å². The summed E-state index contributed by atoms with van der Waals surface area (Å²) in [5.41, 5.74) is 18.0. The molecule has 10 rings (SSSR count). The molecule has 51 heavy (non-hydrogen) atoms. The van der Waals surface area contributed by atoms with Gasteiger partial charge in [-0.2, -0.15) is 0 Å². The maximum absolute atomic E-state index is 5.44. The largest absolute Gasteiger partial charge is 0.208 e. The molecule has 0 saturated heterocycles. The zero-order valence-electron chi connectivity index (χ0n) is 30.0. The Bertz CT molecular complexity index is 2320. The molecular weight excluding hydrogens is 619 g/mol. The lowest BCUT2D eigenvalue weighted by Gasteiger charge is -2.22. The van der Waals surface area contributed by atoms with Crippen molar-refractivity contribution in [3.05, 3.63) is 161 Å². The molecule has 0 bridgehead atoms. The van der Waals surface area contributed by atoms with E-state index in [1.807, 2.05) is 0 Å². The molecule has 0 unspecified atom stereocenters. The molecule has 3 aliphatic rings. The van der Waals surface area contributed by atoms with Gasteiger partial charge in [0.25, 0.3) is 0 Å². The number of aromatic nitrogens is 3. The van der Waals surface area contributed by atoms with Gasteiger partial charge < -0.3 is 0 Å². The molecule has 0 fully saturated rings. The second-order valence-electron chi connectivity index (χ2n) is 16.0. The Kier molecular flexibility index (Phi) is 6.04. The van der Waals surface area contributed by atoms with E-state index in [-0.39, 0.29) is 16.2 Å². The van der Waals surface area contributed by atoms with Crippen LogP contribution in [0.3, 0.4) is 0 Å². The second kappa shape index (κ2) is 10.2. The number of nitrogens with zero attached hydrogens (tertiary/aromatic N) is 3. The average Bonchev–Trinajstić information content (AvgIpc) is 3.65. The van der Waals surface area contributed by atoms with Gasteiger partial charge in [0, 0.05) is 32.9 Å². The van der Waals surface area contributed by atoms with E-state index in [9.17, 15) is 0 Å². The molecule has 7 aromatic rings. The summed E-state index contributed by atoms with van der Waals surface area (Å²) >= 11 is 0. The van der Waals surface area contributed by atoms with Crippen molar-refractivity contribution in [2.45, 2.75) is 57.8 Å². The third kappa shape index (κ3) is 3.98. The van der Waals surface area contributed by atoms with Gasteiger partial charge in [0.15, 0.2) is 17.5 Å². The van der Waals surface area contributed by atoms with Crippen molar-refractivity contribution >= 4 is 0 Å². The Morgan fingerprint density at radius 1 is 0.275 bits per heavy atom. The summed E-state index contributed by atoms with van der Waals surface area (Å²) in [6.45, 7) is 13.9. The standard InChI is InChI=1S/C48H39N3/c1-46(2)34-22-10-7-16-28(34)40-31(19-13-25-37(40)46)43-49-44(32-20-14-26-38-41(32)29-17-8-11-23-35(29)47(38,3)4)51-45(50-43)33-21-15-27-39-42(33)30-18-9-12-24-36(30)48(39,5)6/h7-27H,1-6H3. The molecule has 0 amide bonds. The van der Waals surface area contributed by atoms with Gasteiger partial charge >= 0.3 is 0 Å². The number of fused-ring (bicyclic) bond motifs is 9. The third-order valence-corrected chi connectivity index (χ3v) is 12.2. The summed E-state index contributed by atoms with van der Waals surface area (Å²) in [4.78, 5) is 16.3. The van der Waals surface area contributed by atoms with Crippen LogP contribution < -0.4 is 0 Å². The highest BCUT2D eigenvalue weighted by Crippen LogP contribution is 2.55. The first-order chi connectivity index (χ1) is 24.6. The predicted molar refractivity (Wildman–Crippen MR) is 209 cm³/mol. The first-order valence-corrected chi connectivity index (χ1v) is 18.1. The number of hydrogen-bond donors (Lipinski definition) is 0. The van der Waals surface area contributed by atoms with Gasteiger partial charge in [-0.15, -0.1) is 0 Å². The normalized spacial score (nSPS) is 16.1. The van der Waals surface area contributed by atoms with Gasteiger partial charge in [-0.05, 0) is 66.8 Å². The maximum Gasteiger partial charge on any atom is 0.164 e. The lowest BCUT2D eigenvalue weighted by atomic mass is 9.82. The van der Waals surface area contributed by atoms with Gasteiger partial charge in [-0.3, -0.25) is 0 Å². The second-order valence-corrected chi connectivity index (χ2v) is 16.0. The summed E-state index contributed by atoms with van der Waals surface area (Å²) in [6.07, 6.45) is 0. The molecule has 0 atom stereocenters. The van der Waals surface area contributed by atoms with E-state index < -0.39 is 0 Å². The third-order valence-electron chi connectivity index (χ3n) is 12.2. The molecule has 0 saturated carbocycles. The Labute approximate surface area is 300 Å². The maximum atomic E-state index is 5.44. The highest BCUT2D eigenvalue weighted by Gasteiger charge is 2.40. The summed E-state index contributed by atoms with van der Waals surface area (Å²) < 4.78 is 0. The molecule has 3 aliphatic carbocycles. The highest BCUT2D eigenvalue weighted by atomic mass is 15.0. The minimum Gasteiger partial charge on any atom is -0.208 e. The van der Waals surface area contributed by atoms with Gasteiger partial charge in [0.1, 0.15) is 0 Å². The van der Waals surface area contributed by atoms with Crippen molar-refractivity contribution in [2.24, 2.45) is 0 Å². The summed E-state index contributed by atoms with van der Waals surface area (Å²) in [6, 6.07) is 46.3. The number of rotatable bonds is 3. The molecule has 0 spiro atoms. The summed E-state index contributed by atoms with van der Waals surface area (Å²) in [5.74, 6) is 2.10. The Morgan fingerprint density at radius 3 is 0.804 bits per heavy atom. The molecule has 0 aliphatic heterocycles. The van der Waals surface area contributed by atoms with Crippen LogP contribution in [-0.4, -0.2) is 15.0 Å². The van der Waals surface area contributed by atoms with Gasteiger partial charge in [-0.25, -0.2) is 15.0 Å². The first kappa shape index (κ1) is 30.2. The smallest absolute Gasteiger partial charge is 0.164 e. The minimum absolute atomic E-state index is 0.133. The Morgan fingerprint density at radius 2 is 0.510 bits per heavy atom. The van der Waals surface area contributed by atoms with E-state index >= 15 is 0 Å². The molecule has 3 nitrogen and oxygen atoms in total. The fourth-order valence-electron chi connectivity index (χ4n) is 9.56. The lowest BCUT2D eigenvalue weighted by molar-refractivity contribution is 0.660. The van der Waals surface area contributed by atoms with E-state index in [2.05, 4.69) is 169 Å². The van der Waals surface area contributed by atoms with Crippen LogP contribution in [-0.2, 0) is 16.2 Å². The molecule has 246 valence electrons. The van der Waals surface area contributed by atoms with Crippen molar-refractivity contribution in [3.63, 3.8) is 0 Å². The van der Waals surface area contributed by atoms with E-state index in [1.54, 1.807) is 0 Å². The fourth-order valence-corrected chi connectivity index (χ4v) is 9.56. The zero-order chi connectivity index (χ0) is 34.9. The molecule has 1 heterocycles. The van der Waals surface area contributed by atoms with E-state index in [4.69, 9.17) is 15.0 Å². The van der Waals surface area contributed by atoms with Crippen LogP contribution in [0.2, 0.25) is 0 Å². The van der Waals surface area contributed by atoms with Crippen LogP contribution in [0.25, 0.3) is 67.5 Å². The zero-order valence-corrected chi connectivity index (χ0v) is 30.0. The van der Waals surface area contributed by atoms with Crippen molar-refractivity contribution in [2.75, 3.05) is 0 Å². The molecular formula is C48H39N3. The SMILES string of the molecule is CC1(C)c2ccccc2-c2c(-c3nc(-c4cccc5c4-c4ccccc4C5(C)C)nc(-c4cccc5c4-c4ccccc4C5(C)C)n3)cccc21. The van der Waals surface area contributed by atoms with Crippen LogP contribution in [0, 0.1) is 0 Å². The van der Waals surface area contributed by atoms with Crippen LogP contribution in [0.4, 0.5) is 0 Å². The fraction of sp³-hybridized carbons (Fsp3) is 0.188. The predicted octanol–water partition coefficient (Wildman–Crippen LogP) is 11.8. The average molecular weight is 658 g/mol. The molecule has 6 aromatic carbocycles. The van der Waals surface area contributed by atoms with Crippen molar-refractivity contribution in [1.29, 1.82) is 0 Å². The topological polar surface area (TPSA) is 38.7 Å². The quantitative estimate of drug-likeness (QED) is 0.190. The van der Waals surface area contributed by atoms with E-state index in [1.165, 1.54) is 66.8 Å². The van der Waals surface area contributed by atoms with Gasteiger partial charge in [0.2, 0.25) is 0 Å². The Hall–Kier alpha value is -5.67. The molecule has 1 aromatic heterocycles. The van der Waals surface area contributed by atoms with E-state index in [0.717, 1.165) is 16.7 Å². The monoisotopic (exact) mass is 657 g/mol. The first-order valence-electron chi connectivity index (χ1n) is 18.1.